The van der Waals surface area contributed by atoms with Crippen LogP contribution in [0.2, 0.25) is 0 Å². The topological polar surface area (TPSA) is 0 Å². The van der Waals surface area contributed by atoms with Crippen LogP contribution in [-0.2, 0) is 0 Å². The lowest BCUT2D eigenvalue weighted by molar-refractivity contribution is 0.853. The van der Waals surface area contributed by atoms with Gasteiger partial charge in [-0.05, 0) is 47.2 Å². The van der Waals surface area contributed by atoms with Gasteiger partial charge < -0.3 is 0 Å². The third kappa shape index (κ3) is 3.32. The highest BCUT2D eigenvalue weighted by Crippen LogP contribution is 2.49. The van der Waals surface area contributed by atoms with E-state index >= 15 is 0 Å². The van der Waals surface area contributed by atoms with Crippen molar-refractivity contribution in [1.29, 1.82) is 0 Å². The summed E-state index contributed by atoms with van der Waals surface area (Å²) in [5, 5.41) is 0. The van der Waals surface area contributed by atoms with Crippen LogP contribution >= 0.6 is 23.5 Å². The minimum Gasteiger partial charge on any atom is -0.0877 e. The fourth-order valence-electron chi connectivity index (χ4n) is 2.33. The molecule has 0 saturated heterocycles. The van der Waals surface area contributed by atoms with Gasteiger partial charge in [0, 0.05) is 19.6 Å². The van der Waals surface area contributed by atoms with Crippen molar-refractivity contribution in [2.45, 2.75) is 66.5 Å². The molecule has 0 bridgehead atoms. The van der Waals surface area contributed by atoms with Gasteiger partial charge in [-0.1, -0.05) is 70.8 Å². The minimum atomic E-state index is 0. The normalized spacial score (nSPS) is 12.9. The molecule has 112 valence electrons. The molecule has 2 aromatic rings. The van der Waals surface area contributed by atoms with Crippen LogP contribution < -0.4 is 0 Å². The molecule has 3 rings (SSSR count). The lowest BCUT2D eigenvalue weighted by Gasteiger charge is -2.21. The van der Waals surface area contributed by atoms with E-state index in [2.05, 4.69) is 64.1 Å². The zero-order valence-electron chi connectivity index (χ0n) is 12.4. The summed E-state index contributed by atoms with van der Waals surface area (Å²) in [5.74, 6) is 1.19. The number of benzene rings is 2. The van der Waals surface area contributed by atoms with Crippen LogP contribution in [0, 0.1) is 0 Å². The summed E-state index contributed by atoms with van der Waals surface area (Å²) >= 11 is 3.83. The van der Waals surface area contributed by atoms with E-state index in [9.17, 15) is 0 Å². The van der Waals surface area contributed by atoms with Crippen molar-refractivity contribution in [2.24, 2.45) is 0 Å². The van der Waals surface area contributed by atoms with Gasteiger partial charge in [0.2, 0.25) is 0 Å². The van der Waals surface area contributed by atoms with Crippen molar-refractivity contribution in [3.8, 4) is 0 Å². The Bertz CT molecular complexity index is 585. The largest absolute Gasteiger partial charge is 0.0877 e. The van der Waals surface area contributed by atoms with Crippen molar-refractivity contribution in [3.05, 3.63) is 47.5 Å². The molecule has 2 aromatic carbocycles. The standard InChI is InChI=1S/C18H20S2.CH4/c1-11(2)13-5-7-15-17(9-13)19-16-8-6-14(12(3)4)10-18(16)20-15;/h5-12H,1-4H3;1H4. The SMILES string of the molecule is C.CC(C)c1ccc2c(c1)Sc1ccc(C(C)C)cc1S2. The number of hydrogen-bond donors (Lipinski definition) is 0. The molecule has 1 heterocycles. The highest BCUT2D eigenvalue weighted by molar-refractivity contribution is 8.05. The zero-order valence-corrected chi connectivity index (χ0v) is 14.1. The summed E-state index contributed by atoms with van der Waals surface area (Å²) in [5.41, 5.74) is 2.86. The lowest BCUT2D eigenvalue weighted by atomic mass is 10.0. The molecule has 1 aliphatic rings. The molecule has 21 heavy (non-hydrogen) atoms. The molecule has 0 atom stereocenters. The van der Waals surface area contributed by atoms with Crippen LogP contribution in [0.15, 0.2) is 56.0 Å². The Morgan fingerprint density at radius 1 is 0.619 bits per heavy atom. The van der Waals surface area contributed by atoms with Gasteiger partial charge in [0.1, 0.15) is 0 Å². The van der Waals surface area contributed by atoms with E-state index in [1.165, 1.54) is 30.7 Å². The first-order chi connectivity index (χ1) is 9.54. The molecule has 0 saturated carbocycles. The van der Waals surface area contributed by atoms with Crippen molar-refractivity contribution >= 4 is 23.5 Å². The molecule has 0 spiro atoms. The zero-order chi connectivity index (χ0) is 14.3. The maximum absolute atomic E-state index is 2.36. The molecular formula is C19H24S2. The fourth-order valence-corrected chi connectivity index (χ4v) is 4.62. The van der Waals surface area contributed by atoms with E-state index in [1.807, 2.05) is 23.5 Å². The van der Waals surface area contributed by atoms with Crippen LogP contribution in [0.3, 0.4) is 0 Å². The average Bonchev–Trinajstić information content (AvgIpc) is 2.43. The molecule has 0 amide bonds. The van der Waals surface area contributed by atoms with E-state index in [4.69, 9.17) is 0 Å². The lowest BCUT2D eigenvalue weighted by Crippen LogP contribution is -1.95. The van der Waals surface area contributed by atoms with Crippen LogP contribution in [0.4, 0.5) is 0 Å². The number of hydrogen-bond acceptors (Lipinski definition) is 2. The number of rotatable bonds is 2. The van der Waals surface area contributed by atoms with Gasteiger partial charge in [0.15, 0.2) is 0 Å². The van der Waals surface area contributed by atoms with Crippen molar-refractivity contribution in [1.82, 2.24) is 0 Å². The third-order valence-corrected chi connectivity index (χ3v) is 6.23. The Balaban J connectivity index is 0.00000161. The second-order valence-corrected chi connectivity index (χ2v) is 8.09. The van der Waals surface area contributed by atoms with Crippen molar-refractivity contribution in [3.63, 3.8) is 0 Å². The maximum atomic E-state index is 2.36. The fraction of sp³-hybridized carbons (Fsp3) is 0.368. The first-order valence-corrected chi connectivity index (χ1v) is 8.81. The Morgan fingerprint density at radius 2 is 1.00 bits per heavy atom. The van der Waals surface area contributed by atoms with Gasteiger partial charge in [0.05, 0.1) is 0 Å². The number of fused-ring (bicyclic) bond motifs is 2. The van der Waals surface area contributed by atoms with E-state index in [0.717, 1.165) is 0 Å². The third-order valence-electron chi connectivity index (χ3n) is 3.71. The summed E-state index contributed by atoms with van der Waals surface area (Å²) < 4.78 is 0. The maximum Gasteiger partial charge on any atom is 0.0265 e. The monoisotopic (exact) mass is 316 g/mol. The minimum absolute atomic E-state index is 0. The molecule has 1 aliphatic heterocycles. The summed E-state index contributed by atoms with van der Waals surface area (Å²) in [4.78, 5) is 5.61. The van der Waals surface area contributed by atoms with Crippen LogP contribution in [-0.4, -0.2) is 0 Å². The van der Waals surface area contributed by atoms with Crippen LogP contribution in [0.5, 0.6) is 0 Å². The average molecular weight is 317 g/mol. The molecule has 0 fully saturated rings. The molecule has 0 nitrogen and oxygen atoms in total. The van der Waals surface area contributed by atoms with Gasteiger partial charge in [0.25, 0.3) is 0 Å². The molecule has 0 radical (unpaired) electrons. The molecule has 2 heteroatoms. The highest BCUT2D eigenvalue weighted by atomic mass is 32.2. The van der Waals surface area contributed by atoms with E-state index in [0.29, 0.717) is 11.8 Å². The van der Waals surface area contributed by atoms with Gasteiger partial charge in [-0.2, -0.15) is 0 Å². The summed E-state index contributed by atoms with van der Waals surface area (Å²) in [6.45, 7) is 9.02. The van der Waals surface area contributed by atoms with Gasteiger partial charge >= 0.3 is 0 Å². The summed E-state index contributed by atoms with van der Waals surface area (Å²) in [6, 6.07) is 13.8. The Kier molecular flexibility index (Phi) is 5.11. The van der Waals surface area contributed by atoms with Crippen LogP contribution in [0.25, 0.3) is 0 Å². The van der Waals surface area contributed by atoms with Crippen molar-refractivity contribution in [2.75, 3.05) is 0 Å². The van der Waals surface area contributed by atoms with Gasteiger partial charge in [-0.3, -0.25) is 0 Å². The second kappa shape index (κ2) is 6.50. The first-order valence-electron chi connectivity index (χ1n) is 7.18. The van der Waals surface area contributed by atoms with E-state index in [1.54, 1.807) is 0 Å². The Morgan fingerprint density at radius 3 is 1.33 bits per heavy atom. The van der Waals surface area contributed by atoms with E-state index in [-0.39, 0.29) is 7.43 Å². The predicted octanol–water partition coefficient (Wildman–Crippen LogP) is 7.19. The highest BCUT2D eigenvalue weighted by Gasteiger charge is 2.18. The first kappa shape index (κ1) is 16.5. The van der Waals surface area contributed by atoms with Gasteiger partial charge in [-0.25, -0.2) is 0 Å². The second-order valence-electron chi connectivity index (χ2n) is 5.93. The molecule has 0 unspecified atom stereocenters. The Hall–Kier alpha value is -0.860. The summed E-state index contributed by atoms with van der Waals surface area (Å²) in [6.07, 6.45) is 0. The molecule has 0 aromatic heterocycles. The van der Waals surface area contributed by atoms with Crippen LogP contribution in [0.1, 0.15) is 58.1 Å². The van der Waals surface area contributed by atoms with Gasteiger partial charge in [-0.15, -0.1) is 0 Å². The van der Waals surface area contributed by atoms with E-state index < -0.39 is 0 Å². The predicted molar refractivity (Wildman–Crippen MR) is 96.0 cm³/mol. The molecule has 0 N–H and O–H groups in total. The smallest absolute Gasteiger partial charge is 0.0265 e. The Labute approximate surface area is 137 Å². The molecule has 0 aliphatic carbocycles. The van der Waals surface area contributed by atoms with Crippen molar-refractivity contribution < 1.29 is 0 Å². The quantitative estimate of drug-likeness (QED) is 0.491. The summed E-state index contributed by atoms with van der Waals surface area (Å²) in [7, 11) is 0. The molecular weight excluding hydrogens is 292 g/mol.